The molecule has 1 aromatic carbocycles. The zero-order chi connectivity index (χ0) is 18.2. The molecule has 1 fully saturated rings. The average molecular weight is 354 g/mol. The van der Waals surface area contributed by atoms with Gasteiger partial charge in [0.25, 0.3) is 5.69 Å². The molecule has 0 saturated carbocycles. The molecule has 1 aromatic heterocycles. The van der Waals surface area contributed by atoms with Gasteiger partial charge in [0.1, 0.15) is 5.56 Å². The van der Waals surface area contributed by atoms with Gasteiger partial charge in [-0.15, -0.1) is 0 Å². The molecule has 9 heteroatoms. The number of hydrogen-bond acceptors (Lipinski definition) is 4. The van der Waals surface area contributed by atoms with E-state index in [2.05, 4.69) is 5.10 Å². The van der Waals surface area contributed by atoms with Crippen molar-refractivity contribution < 1.29 is 18.1 Å². The van der Waals surface area contributed by atoms with Crippen LogP contribution in [-0.4, -0.2) is 27.8 Å². The Hall–Kier alpha value is -2.58. The molecule has 0 radical (unpaired) electrons. The van der Waals surface area contributed by atoms with Crippen LogP contribution in [0.5, 0.6) is 0 Å². The van der Waals surface area contributed by atoms with Gasteiger partial charge in [0.15, 0.2) is 0 Å². The fraction of sp³-hybridized carbons (Fsp3) is 0.438. The lowest BCUT2D eigenvalue weighted by molar-refractivity contribution is -0.388. The topological polar surface area (TPSA) is 64.2 Å². The van der Waals surface area contributed by atoms with E-state index >= 15 is 0 Å². The fourth-order valence-electron chi connectivity index (χ4n) is 3.25. The summed E-state index contributed by atoms with van der Waals surface area (Å²) in [4.78, 5) is 11.7. The van der Waals surface area contributed by atoms with Gasteiger partial charge in [-0.25, -0.2) is 0 Å². The van der Waals surface area contributed by atoms with Gasteiger partial charge in [-0.1, -0.05) is 0 Å². The predicted octanol–water partition coefficient (Wildman–Crippen LogP) is 3.42. The first-order chi connectivity index (χ1) is 11.7. The van der Waals surface area contributed by atoms with Crippen molar-refractivity contribution in [1.82, 2.24) is 9.78 Å². The maximum atomic E-state index is 13.1. The van der Waals surface area contributed by atoms with Crippen LogP contribution >= 0.6 is 0 Å². The summed E-state index contributed by atoms with van der Waals surface area (Å²) in [6.07, 6.45) is 0.622. The Morgan fingerprint density at radius 2 is 2.16 bits per heavy atom. The highest BCUT2D eigenvalue weighted by atomic mass is 19.4. The summed E-state index contributed by atoms with van der Waals surface area (Å²) in [5.74, 6) is 0.314. The van der Waals surface area contributed by atoms with Crippen LogP contribution in [-0.2, 0) is 19.6 Å². The number of benzene rings is 1. The van der Waals surface area contributed by atoms with E-state index in [4.69, 9.17) is 0 Å². The summed E-state index contributed by atoms with van der Waals surface area (Å²) in [5.41, 5.74) is -0.659. The molecule has 1 unspecified atom stereocenters. The van der Waals surface area contributed by atoms with Crippen LogP contribution in [0.2, 0.25) is 0 Å². The minimum Gasteiger partial charge on any atom is -0.371 e. The van der Waals surface area contributed by atoms with Crippen molar-refractivity contribution in [3.63, 3.8) is 0 Å². The Labute approximate surface area is 142 Å². The van der Waals surface area contributed by atoms with Crippen molar-refractivity contribution in [3.05, 3.63) is 51.8 Å². The summed E-state index contributed by atoms with van der Waals surface area (Å²) in [7, 11) is 1.83. The molecular formula is C16H17F3N4O2. The number of rotatable bonds is 4. The van der Waals surface area contributed by atoms with Crippen LogP contribution in [0.25, 0.3) is 0 Å². The number of aromatic nitrogens is 2. The van der Waals surface area contributed by atoms with Crippen LogP contribution in [0.1, 0.15) is 17.5 Å². The molecule has 0 spiro atoms. The van der Waals surface area contributed by atoms with Crippen molar-refractivity contribution in [1.29, 1.82) is 0 Å². The van der Waals surface area contributed by atoms with Crippen LogP contribution in [0.15, 0.2) is 30.6 Å². The standard InChI is InChI=1S/C16H17F3N4O2/c1-21-9-12(8-20-21)6-11-4-5-22(10-11)13-2-3-15(23(24)25)14(7-13)16(17,18)19/h2-3,7-9,11H,4-6,10H2,1H3. The quantitative estimate of drug-likeness (QED) is 0.623. The number of aryl methyl sites for hydroxylation is 1. The number of halogens is 3. The number of anilines is 1. The zero-order valence-electron chi connectivity index (χ0n) is 13.5. The van der Waals surface area contributed by atoms with Crippen molar-refractivity contribution in [2.75, 3.05) is 18.0 Å². The Morgan fingerprint density at radius 3 is 2.76 bits per heavy atom. The smallest absolute Gasteiger partial charge is 0.371 e. The van der Waals surface area contributed by atoms with E-state index in [-0.39, 0.29) is 0 Å². The normalized spacial score (nSPS) is 17.9. The van der Waals surface area contributed by atoms with E-state index < -0.39 is 22.4 Å². The van der Waals surface area contributed by atoms with Crippen molar-refractivity contribution in [2.24, 2.45) is 13.0 Å². The second kappa shape index (κ2) is 6.38. The van der Waals surface area contributed by atoms with Gasteiger partial charge < -0.3 is 4.90 Å². The Bertz CT molecular complexity index is 788. The minimum absolute atomic E-state index is 0.314. The number of nitro groups is 1. The lowest BCUT2D eigenvalue weighted by Crippen LogP contribution is -2.21. The molecule has 1 atom stereocenters. The molecule has 1 saturated heterocycles. The molecule has 134 valence electrons. The zero-order valence-corrected chi connectivity index (χ0v) is 13.5. The van der Waals surface area contributed by atoms with Gasteiger partial charge in [-0.3, -0.25) is 14.8 Å². The lowest BCUT2D eigenvalue weighted by atomic mass is 10.0. The van der Waals surface area contributed by atoms with Crippen LogP contribution in [0.3, 0.4) is 0 Å². The first kappa shape index (κ1) is 17.2. The summed E-state index contributed by atoms with van der Waals surface area (Å²) in [5, 5.41) is 15.0. The highest BCUT2D eigenvalue weighted by molar-refractivity contribution is 5.57. The number of alkyl halides is 3. The third-order valence-corrected chi connectivity index (χ3v) is 4.42. The fourth-order valence-corrected chi connectivity index (χ4v) is 3.25. The Morgan fingerprint density at radius 1 is 1.40 bits per heavy atom. The molecule has 0 bridgehead atoms. The van der Waals surface area contributed by atoms with Gasteiger partial charge in [0, 0.05) is 38.1 Å². The minimum atomic E-state index is -4.76. The van der Waals surface area contributed by atoms with Gasteiger partial charge in [-0.05, 0) is 36.5 Å². The molecule has 1 aliphatic heterocycles. The van der Waals surface area contributed by atoms with Crippen molar-refractivity contribution >= 4 is 11.4 Å². The van der Waals surface area contributed by atoms with Crippen molar-refractivity contribution in [3.8, 4) is 0 Å². The van der Waals surface area contributed by atoms with E-state index in [0.29, 0.717) is 24.7 Å². The van der Waals surface area contributed by atoms with E-state index in [1.165, 1.54) is 6.07 Å². The molecule has 1 aliphatic rings. The first-order valence-electron chi connectivity index (χ1n) is 7.82. The maximum absolute atomic E-state index is 13.1. The molecule has 2 heterocycles. The molecule has 6 nitrogen and oxygen atoms in total. The third-order valence-electron chi connectivity index (χ3n) is 4.42. The van der Waals surface area contributed by atoms with Crippen LogP contribution in [0, 0.1) is 16.0 Å². The SMILES string of the molecule is Cn1cc(CC2CCN(c3ccc([N+](=O)[O-])c(C(F)(F)F)c3)C2)cn1. The Kier molecular flexibility index (Phi) is 4.40. The highest BCUT2D eigenvalue weighted by Crippen LogP contribution is 2.39. The number of nitrogens with zero attached hydrogens (tertiary/aromatic N) is 4. The number of nitro benzene ring substituents is 1. The van der Waals surface area contributed by atoms with Crippen molar-refractivity contribution in [2.45, 2.75) is 19.0 Å². The van der Waals surface area contributed by atoms with Gasteiger partial charge >= 0.3 is 6.18 Å². The van der Waals surface area contributed by atoms with E-state index in [1.54, 1.807) is 10.9 Å². The summed E-state index contributed by atoms with van der Waals surface area (Å²) >= 11 is 0. The maximum Gasteiger partial charge on any atom is 0.423 e. The predicted molar refractivity (Wildman–Crippen MR) is 85.3 cm³/mol. The molecule has 3 rings (SSSR count). The van der Waals surface area contributed by atoms with E-state index in [1.807, 2.05) is 18.1 Å². The van der Waals surface area contributed by atoms with Crippen LogP contribution in [0.4, 0.5) is 24.5 Å². The second-order valence-corrected chi connectivity index (χ2v) is 6.28. The molecule has 2 aromatic rings. The lowest BCUT2D eigenvalue weighted by Gasteiger charge is -2.20. The van der Waals surface area contributed by atoms with Crippen LogP contribution < -0.4 is 4.90 Å². The summed E-state index contributed by atoms with van der Waals surface area (Å²) in [6.45, 7) is 1.24. The third kappa shape index (κ3) is 3.75. The van der Waals surface area contributed by atoms with Gasteiger partial charge in [0.05, 0.1) is 11.1 Å². The highest BCUT2D eigenvalue weighted by Gasteiger charge is 2.39. The van der Waals surface area contributed by atoms with E-state index in [0.717, 1.165) is 30.5 Å². The molecule has 25 heavy (non-hydrogen) atoms. The summed E-state index contributed by atoms with van der Waals surface area (Å²) in [6, 6.07) is 3.21. The van der Waals surface area contributed by atoms with E-state index in [9.17, 15) is 23.3 Å². The molecular weight excluding hydrogens is 337 g/mol. The largest absolute Gasteiger partial charge is 0.423 e. The Balaban J connectivity index is 1.77. The van der Waals surface area contributed by atoms with Gasteiger partial charge in [0.2, 0.25) is 0 Å². The average Bonchev–Trinajstić information content (AvgIpc) is 3.15. The molecule has 0 amide bonds. The first-order valence-corrected chi connectivity index (χ1v) is 7.82. The molecule has 0 N–H and O–H groups in total. The molecule has 0 aliphatic carbocycles. The summed E-state index contributed by atoms with van der Waals surface area (Å²) < 4.78 is 41.0. The second-order valence-electron chi connectivity index (χ2n) is 6.28. The monoisotopic (exact) mass is 354 g/mol. The number of hydrogen-bond donors (Lipinski definition) is 0. The van der Waals surface area contributed by atoms with Gasteiger partial charge in [-0.2, -0.15) is 18.3 Å².